The summed E-state index contributed by atoms with van der Waals surface area (Å²) < 4.78 is 31.6. The number of hydrogen-bond donors (Lipinski definition) is 14. The second kappa shape index (κ2) is 47.8. The topological polar surface area (TPSA) is 489 Å². The van der Waals surface area contributed by atoms with E-state index in [0.717, 1.165) is 0 Å². The van der Waals surface area contributed by atoms with Crippen LogP contribution < -0.4 is 82.1 Å². The molecule has 0 unspecified atom stereocenters. The summed E-state index contributed by atoms with van der Waals surface area (Å²) in [6.45, 7) is 0. The van der Waals surface area contributed by atoms with E-state index < -0.39 is 46.6 Å². The van der Waals surface area contributed by atoms with E-state index in [1.807, 2.05) is 0 Å². The molecule has 0 saturated carbocycles. The quantitative estimate of drug-likeness (QED) is 0.0620. The summed E-state index contributed by atoms with van der Waals surface area (Å²) in [5.74, 6) is 0. The maximum absolute atomic E-state index is 9.00. The van der Waals surface area contributed by atoms with Crippen LogP contribution in [0.5, 0.6) is 0 Å². The maximum Gasteiger partial charge on any atom is 0.394 e. The Morgan fingerprint density at radius 3 is 0.485 bits per heavy atom. The summed E-state index contributed by atoms with van der Waals surface area (Å²) in [4.78, 5) is 54.0. The van der Waals surface area contributed by atoms with Crippen molar-refractivity contribution in [3.8, 4) is 0 Å². The predicted molar refractivity (Wildman–Crippen MR) is 131 cm³/mol. The van der Waals surface area contributed by atoms with Crippen LogP contribution in [0.3, 0.4) is 0 Å². The number of carbonyl (C=O) groups excluding carboxylic acids is 6. The van der Waals surface area contributed by atoms with Crippen molar-refractivity contribution in [3.63, 3.8) is 0 Å². The average molecular weight is 866 g/mol. The van der Waals surface area contributed by atoms with Gasteiger partial charge in [-0.3, -0.25) is 9.11 Å². The van der Waals surface area contributed by atoms with E-state index in [1.54, 1.807) is 0 Å². The summed E-state index contributed by atoms with van der Waals surface area (Å²) >= 11 is 5.30. The molecule has 0 aliphatic heterocycles. The monoisotopic (exact) mass is 866 g/mol. The van der Waals surface area contributed by atoms with Gasteiger partial charge in [0.15, 0.2) is 0 Å². The number of rotatable bonds is 0. The minimum atomic E-state index is -4.67. The molecule has 27 heteroatoms. The van der Waals surface area contributed by atoms with Crippen molar-refractivity contribution in [2.75, 3.05) is 0 Å². The van der Waals surface area contributed by atoms with Crippen LogP contribution in [-0.2, 0) is 10.4 Å². The van der Waals surface area contributed by atoms with Gasteiger partial charge in [-0.2, -0.15) is 8.42 Å². The molecule has 33 heavy (non-hydrogen) atoms. The molecule has 0 atom stereocenters. The van der Waals surface area contributed by atoms with Crippen LogP contribution in [-0.4, -0.2) is 71.1 Å². The van der Waals surface area contributed by atoms with Gasteiger partial charge in [-0.1, -0.05) is 0 Å². The Labute approximate surface area is 227 Å². The van der Waals surface area contributed by atoms with E-state index in [1.165, 1.54) is 0 Å². The first-order valence-corrected chi connectivity index (χ1v) is 19.6. The zero-order chi connectivity index (χ0) is 28.7. The fourth-order valence-electron chi connectivity index (χ4n) is 0. The fourth-order valence-corrected chi connectivity index (χ4v) is 0. The van der Waals surface area contributed by atoms with Crippen LogP contribution >= 0.6 is 37.2 Å². The summed E-state index contributed by atoms with van der Waals surface area (Å²) in [5.41, 5.74) is 51.0. The zero-order valence-corrected chi connectivity index (χ0v) is 24.7. The van der Waals surface area contributed by atoms with Crippen molar-refractivity contribution < 1.29 is 59.5 Å². The second-order valence-corrected chi connectivity index (χ2v) is 20.1. The van der Waals surface area contributed by atoms with E-state index in [9.17, 15) is 0 Å². The van der Waals surface area contributed by atoms with Crippen LogP contribution in [0.4, 0.5) is 28.8 Å². The van der Waals surface area contributed by atoms with Gasteiger partial charge in [0.1, 0.15) is 0 Å². The number of carbonyl (C=O) groups is 6. The molecule has 201 valence electrons. The maximum atomic E-state index is 9.00. The molecule has 0 bridgehead atoms. The minimum Gasteiger partial charge on any atom is -0.352 e. The molecular formula is C6H26AlI3N12O10S-. The summed E-state index contributed by atoms with van der Waals surface area (Å²) in [5, 5.41) is 0. The SMILES string of the molecule is I[I-]I.NC(N)=O.NC(N)=O.NC(N)=O.NC(N)=O.NC(N)=O.NC(N)=O.O=S(=O)(O)O.[Al]. The Bertz CT molecular complexity index is 488. The molecule has 0 heterocycles. The van der Waals surface area contributed by atoms with Gasteiger partial charge in [-0.05, 0) is 0 Å². The Morgan fingerprint density at radius 2 is 0.485 bits per heavy atom. The first-order valence-electron chi connectivity index (χ1n) is 5.67. The first kappa shape index (κ1) is 57.7. The Balaban J connectivity index is -0.0000000285. The third-order valence-electron chi connectivity index (χ3n) is 0. The van der Waals surface area contributed by atoms with E-state index in [-0.39, 0.29) is 17.4 Å². The fraction of sp³-hybridized carbons (Fsp3) is 0. The van der Waals surface area contributed by atoms with Gasteiger partial charge >= 0.3 is 97.1 Å². The normalized spacial score (nSPS) is 6.79. The molecular weight excluding hydrogens is 840 g/mol. The van der Waals surface area contributed by atoms with E-state index >= 15 is 0 Å². The third-order valence-corrected chi connectivity index (χ3v) is 0. The average Bonchev–Trinajstić information content (AvgIpc) is 2.31. The van der Waals surface area contributed by atoms with Crippen molar-refractivity contribution in [2.24, 2.45) is 68.8 Å². The Morgan fingerprint density at radius 1 is 0.485 bits per heavy atom. The number of primary amides is 12. The molecule has 0 aromatic rings. The molecule has 22 nitrogen and oxygen atoms in total. The van der Waals surface area contributed by atoms with Crippen LogP contribution in [0.15, 0.2) is 0 Å². The van der Waals surface area contributed by atoms with E-state index in [0.29, 0.717) is 13.3 Å². The molecule has 0 fully saturated rings. The zero-order valence-electron chi connectivity index (χ0n) is 16.2. The molecule has 12 amide bonds. The van der Waals surface area contributed by atoms with Crippen LogP contribution in [0, 0.1) is 0 Å². The number of nitrogens with two attached hydrogens (primary N) is 12. The third kappa shape index (κ3) is 7530. The van der Waals surface area contributed by atoms with Gasteiger partial charge in [0.05, 0.1) is 0 Å². The van der Waals surface area contributed by atoms with Crippen molar-refractivity contribution in [2.45, 2.75) is 0 Å². The number of halogens is 3. The van der Waals surface area contributed by atoms with E-state index in [2.05, 4.69) is 106 Å². The van der Waals surface area contributed by atoms with Crippen molar-refractivity contribution in [1.82, 2.24) is 0 Å². The van der Waals surface area contributed by atoms with Gasteiger partial charge in [-0.15, -0.1) is 0 Å². The van der Waals surface area contributed by atoms with Crippen molar-refractivity contribution in [3.05, 3.63) is 0 Å². The van der Waals surface area contributed by atoms with Crippen LogP contribution in [0.25, 0.3) is 0 Å². The molecule has 0 aliphatic rings. The number of hydrogen-bond acceptors (Lipinski definition) is 8. The molecule has 26 N–H and O–H groups in total. The van der Waals surface area contributed by atoms with Gasteiger partial charge < -0.3 is 68.8 Å². The molecule has 0 saturated heterocycles. The van der Waals surface area contributed by atoms with Crippen molar-refractivity contribution >= 4 is 101 Å². The van der Waals surface area contributed by atoms with Crippen molar-refractivity contribution in [1.29, 1.82) is 0 Å². The smallest absolute Gasteiger partial charge is 0.352 e. The Hall–Kier alpha value is -1.79. The first-order chi connectivity index (χ1) is 13.8. The van der Waals surface area contributed by atoms with Crippen LogP contribution in [0.2, 0.25) is 0 Å². The summed E-state index contributed by atoms with van der Waals surface area (Å²) in [7, 11) is -4.67. The molecule has 0 rings (SSSR count). The summed E-state index contributed by atoms with van der Waals surface area (Å²) in [6.07, 6.45) is 0. The number of urea groups is 6. The van der Waals surface area contributed by atoms with Gasteiger partial charge in [0.25, 0.3) is 0 Å². The van der Waals surface area contributed by atoms with Gasteiger partial charge in [0, 0.05) is 17.4 Å². The van der Waals surface area contributed by atoms with Crippen LogP contribution in [0.1, 0.15) is 0 Å². The molecule has 0 aromatic carbocycles. The van der Waals surface area contributed by atoms with Gasteiger partial charge in [0.2, 0.25) is 0 Å². The molecule has 0 aromatic heterocycles. The molecule has 0 spiro atoms. The van der Waals surface area contributed by atoms with Gasteiger partial charge in [-0.25, -0.2) is 28.8 Å². The predicted octanol–water partition coefficient (Wildman–Crippen LogP) is -8.12. The number of amides is 12. The summed E-state index contributed by atoms with van der Waals surface area (Å²) in [6, 6.07) is -5.00. The van der Waals surface area contributed by atoms with E-state index in [4.69, 9.17) is 46.3 Å². The standard InChI is InChI=1S/6CH4N2O.Al.I3.H2O4S/c6*2-1(3)4;;1-3-2;1-5(2,3)4/h6*(H4,2,3,4);;;(H2,1,2,3,4)/q;;;;;;;-1;. The minimum absolute atomic E-state index is 0. The molecule has 3 radical (unpaired) electrons. The largest absolute Gasteiger partial charge is 0.394 e. The molecule has 0 aliphatic carbocycles. The Kier molecular flexibility index (Phi) is 83.7. The second-order valence-electron chi connectivity index (χ2n) is 2.92.